The Morgan fingerprint density at radius 3 is 2.49 bits per heavy atom. The van der Waals surface area contributed by atoms with Gasteiger partial charge in [0.1, 0.15) is 24.5 Å². The van der Waals surface area contributed by atoms with Crippen molar-refractivity contribution in [1.82, 2.24) is 4.57 Å². The largest absolute Gasteiger partial charge is 0.482 e. The van der Waals surface area contributed by atoms with Gasteiger partial charge in [-0.15, -0.1) is 0 Å². The lowest BCUT2D eigenvalue weighted by atomic mass is 10.0. The fourth-order valence-corrected chi connectivity index (χ4v) is 3.44. The van der Waals surface area contributed by atoms with Gasteiger partial charge < -0.3 is 18.8 Å². The number of aldehydes is 1. The van der Waals surface area contributed by atoms with Crippen LogP contribution in [-0.4, -0.2) is 29.2 Å². The van der Waals surface area contributed by atoms with Crippen LogP contribution in [0.5, 0.6) is 5.75 Å². The number of Topliss-reactive ketones (excluding diaryl/α,β-unsaturated/α-hetero) is 1. The number of hydrogen-bond donors (Lipinski definition) is 0. The molecular weight excluding hydrogens is 460 g/mol. The Labute approximate surface area is 199 Å². The molecule has 0 spiro atoms. The fourth-order valence-electron chi connectivity index (χ4n) is 3.44. The van der Waals surface area contributed by atoms with Crippen LogP contribution < -0.4 is 10.2 Å². The molecule has 3 aromatic rings. The lowest BCUT2D eigenvalue weighted by Gasteiger charge is -2.17. The number of benzene rings is 2. The second-order valence-corrected chi connectivity index (χ2v) is 7.52. The maximum Gasteiger partial charge on any atom is 0.359 e. The van der Waals surface area contributed by atoms with Crippen molar-refractivity contribution in [3.8, 4) is 5.75 Å². The number of nitrogens with zero attached hydrogens (tertiary/aromatic N) is 1. The molecule has 1 aromatic heterocycles. The molecule has 3 rings (SSSR count). The predicted octanol–water partition coefficient (Wildman–Crippen LogP) is 3.90. The summed E-state index contributed by atoms with van der Waals surface area (Å²) in [6.45, 7) is 1.16. The highest BCUT2D eigenvalue weighted by molar-refractivity contribution is 5.98. The van der Waals surface area contributed by atoms with E-state index in [0.29, 0.717) is 17.9 Å². The molecule has 182 valence electrons. The van der Waals surface area contributed by atoms with Gasteiger partial charge in [-0.3, -0.25) is 9.59 Å². The molecule has 35 heavy (non-hydrogen) atoms. The highest BCUT2D eigenvalue weighted by atomic mass is 19.1. The molecule has 9 heteroatoms. The highest BCUT2D eigenvalue weighted by Gasteiger charge is 2.26. The SMILES string of the molecule is CCOC(=O)c1c(OCc2ccccc2)c(=O)c(C(=O)CCc2ccc(F)cc2F)cn1CC=O. The zero-order chi connectivity index (χ0) is 25.4. The number of carbonyl (C=O) groups is 3. The first-order chi connectivity index (χ1) is 16.8. The molecule has 0 bridgehead atoms. The van der Waals surface area contributed by atoms with Crippen LogP contribution in [0.2, 0.25) is 0 Å². The molecule has 0 fully saturated rings. The molecule has 0 aliphatic heterocycles. The zero-order valence-corrected chi connectivity index (χ0v) is 19.0. The standard InChI is InChI=1S/C26H23F2NO6/c1-2-34-26(33)23-25(35-16-17-6-4-3-5-7-17)24(32)20(15-29(23)12-13-30)22(31)11-9-18-8-10-19(27)14-21(18)28/h3-8,10,13-15H,2,9,11-12,16H2,1H3. The lowest BCUT2D eigenvalue weighted by Crippen LogP contribution is -2.27. The fraction of sp³-hybridized carbons (Fsp3) is 0.231. The zero-order valence-electron chi connectivity index (χ0n) is 19.0. The Morgan fingerprint density at radius 2 is 1.83 bits per heavy atom. The average molecular weight is 483 g/mol. The minimum atomic E-state index is -0.887. The first-order valence-electron chi connectivity index (χ1n) is 10.9. The van der Waals surface area contributed by atoms with Gasteiger partial charge in [-0.2, -0.15) is 0 Å². The molecule has 2 aromatic carbocycles. The summed E-state index contributed by atoms with van der Waals surface area (Å²) in [5, 5.41) is 0. The second kappa shape index (κ2) is 11.8. The number of pyridine rings is 1. The quantitative estimate of drug-likeness (QED) is 0.233. The summed E-state index contributed by atoms with van der Waals surface area (Å²) < 4.78 is 39.0. The third-order valence-electron chi connectivity index (χ3n) is 5.14. The van der Waals surface area contributed by atoms with E-state index >= 15 is 0 Å². The van der Waals surface area contributed by atoms with E-state index in [-0.39, 0.29) is 49.4 Å². The van der Waals surface area contributed by atoms with Crippen LogP contribution in [-0.2, 0) is 29.1 Å². The Bertz CT molecular complexity index is 1290. The molecule has 0 unspecified atom stereocenters. The van der Waals surface area contributed by atoms with E-state index in [0.717, 1.165) is 16.8 Å². The first-order valence-corrected chi connectivity index (χ1v) is 10.9. The number of ether oxygens (including phenoxy) is 2. The Hall–Kier alpha value is -4.14. The minimum Gasteiger partial charge on any atom is -0.482 e. The van der Waals surface area contributed by atoms with E-state index in [9.17, 15) is 28.0 Å². The van der Waals surface area contributed by atoms with E-state index in [1.54, 1.807) is 37.3 Å². The molecular formula is C26H23F2NO6. The molecule has 0 radical (unpaired) electrons. The van der Waals surface area contributed by atoms with E-state index < -0.39 is 34.6 Å². The van der Waals surface area contributed by atoms with Crippen LogP contribution in [0.15, 0.2) is 59.5 Å². The number of rotatable bonds is 11. The molecule has 0 aliphatic carbocycles. The van der Waals surface area contributed by atoms with Gasteiger partial charge in [0.2, 0.25) is 5.43 Å². The van der Waals surface area contributed by atoms with Gasteiger partial charge in [0, 0.05) is 18.7 Å². The third kappa shape index (κ3) is 6.26. The van der Waals surface area contributed by atoms with Crippen molar-refractivity contribution in [2.45, 2.75) is 32.9 Å². The molecule has 0 saturated heterocycles. The Kier molecular flexibility index (Phi) is 8.61. The maximum atomic E-state index is 14.0. The summed E-state index contributed by atoms with van der Waals surface area (Å²) in [7, 11) is 0. The van der Waals surface area contributed by atoms with Gasteiger partial charge >= 0.3 is 5.97 Å². The topological polar surface area (TPSA) is 91.7 Å². The van der Waals surface area contributed by atoms with E-state index in [1.165, 1.54) is 6.07 Å². The van der Waals surface area contributed by atoms with E-state index in [4.69, 9.17) is 9.47 Å². The van der Waals surface area contributed by atoms with Gasteiger partial charge in [-0.25, -0.2) is 13.6 Å². The third-order valence-corrected chi connectivity index (χ3v) is 5.14. The minimum absolute atomic E-state index is 0.0101. The number of carbonyl (C=O) groups excluding carboxylic acids is 3. The number of aryl methyl sites for hydroxylation is 1. The van der Waals surface area contributed by atoms with E-state index in [2.05, 4.69) is 0 Å². The molecule has 7 nitrogen and oxygen atoms in total. The van der Waals surface area contributed by atoms with Crippen molar-refractivity contribution in [2.75, 3.05) is 6.61 Å². The molecule has 0 atom stereocenters. The summed E-state index contributed by atoms with van der Waals surface area (Å²) >= 11 is 0. The predicted molar refractivity (Wildman–Crippen MR) is 123 cm³/mol. The van der Waals surface area contributed by atoms with E-state index in [1.807, 2.05) is 0 Å². The van der Waals surface area contributed by atoms with Gasteiger partial charge in [-0.05, 0) is 30.5 Å². The van der Waals surface area contributed by atoms with Gasteiger partial charge in [0.15, 0.2) is 17.2 Å². The number of aromatic nitrogens is 1. The van der Waals surface area contributed by atoms with Crippen LogP contribution in [0, 0.1) is 11.6 Å². The number of esters is 1. The molecule has 0 amide bonds. The number of ketones is 1. The van der Waals surface area contributed by atoms with Crippen LogP contribution in [0.1, 0.15) is 45.3 Å². The monoisotopic (exact) mass is 483 g/mol. The van der Waals surface area contributed by atoms with Crippen molar-refractivity contribution in [2.24, 2.45) is 0 Å². The maximum absolute atomic E-state index is 14.0. The number of halogens is 2. The molecule has 0 N–H and O–H groups in total. The van der Waals surface area contributed by atoms with Gasteiger partial charge in [0.25, 0.3) is 0 Å². The summed E-state index contributed by atoms with van der Waals surface area (Å²) in [5.74, 6) is -3.52. The average Bonchev–Trinajstić information content (AvgIpc) is 2.84. The van der Waals surface area contributed by atoms with Crippen molar-refractivity contribution in [3.05, 3.63) is 99.0 Å². The normalized spacial score (nSPS) is 10.6. The number of hydrogen-bond acceptors (Lipinski definition) is 6. The molecule has 0 saturated carbocycles. The smallest absolute Gasteiger partial charge is 0.359 e. The molecule has 0 aliphatic rings. The summed E-state index contributed by atoms with van der Waals surface area (Å²) in [6, 6.07) is 11.8. The summed E-state index contributed by atoms with van der Waals surface area (Å²) in [4.78, 5) is 50.1. The molecule has 1 heterocycles. The van der Waals surface area contributed by atoms with Gasteiger partial charge in [-0.1, -0.05) is 36.4 Å². The van der Waals surface area contributed by atoms with Gasteiger partial charge in [0.05, 0.1) is 18.7 Å². The van der Waals surface area contributed by atoms with Crippen LogP contribution in [0.25, 0.3) is 0 Å². The van der Waals surface area contributed by atoms with Crippen molar-refractivity contribution < 1.29 is 32.6 Å². The van der Waals surface area contributed by atoms with Crippen LogP contribution >= 0.6 is 0 Å². The first kappa shape index (κ1) is 25.5. The summed E-state index contributed by atoms with van der Waals surface area (Å²) in [5.41, 5.74) is -0.661. The van der Waals surface area contributed by atoms with Crippen molar-refractivity contribution >= 4 is 18.0 Å². The summed E-state index contributed by atoms with van der Waals surface area (Å²) in [6.07, 6.45) is 1.24. The second-order valence-electron chi connectivity index (χ2n) is 7.52. The van der Waals surface area contributed by atoms with Crippen molar-refractivity contribution in [3.63, 3.8) is 0 Å². The van der Waals surface area contributed by atoms with Crippen LogP contribution in [0.3, 0.4) is 0 Å². The highest BCUT2D eigenvalue weighted by Crippen LogP contribution is 2.20. The Balaban J connectivity index is 2.00. The van der Waals surface area contributed by atoms with Crippen LogP contribution in [0.4, 0.5) is 8.78 Å². The Morgan fingerprint density at radius 1 is 1.09 bits per heavy atom. The van der Waals surface area contributed by atoms with Crippen molar-refractivity contribution in [1.29, 1.82) is 0 Å². The lowest BCUT2D eigenvalue weighted by molar-refractivity contribution is -0.108.